The maximum absolute atomic E-state index is 12.4. The van der Waals surface area contributed by atoms with Gasteiger partial charge in [-0.2, -0.15) is 8.42 Å². The minimum Gasteiger partial charge on any atom is -0.465 e. The van der Waals surface area contributed by atoms with Gasteiger partial charge < -0.3 is 4.42 Å². The minimum atomic E-state index is -3.88. The molecule has 124 valence electrons. The molecule has 1 aromatic heterocycles. The van der Waals surface area contributed by atoms with E-state index in [0.717, 1.165) is 17.3 Å². The van der Waals surface area contributed by atoms with Crippen LogP contribution in [-0.2, 0) is 14.8 Å². The summed E-state index contributed by atoms with van der Waals surface area (Å²) in [6, 6.07) is 9.81. The third-order valence-corrected chi connectivity index (χ3v) is 5.79. The van der Waals surface area contributed by atoms with Crippen LogP contribution in [0, 0.1) is 6.92 Å². The number of sulfonamides is 1. The van der Waals surface area contributed by atoms with Gasteiger partial charge in [0.15, 0.2) is 5.17 Å². The molecular weight excluding hydrogens is 348 g/mol. The Kier molecular flexibility index (Phi) is 4.33. The van der Waals surface area contributed by atoms with Crippen LogP contribution in [0.25, 0.3) is 6.08 Å². The number of aryl methyl sites for hydroxylation is 1. The highest BCUT2D eigenvalue weighted by Crippen LogP contribution is 2.32. The van der Waals surface area contributed by atoms with E-state index in [4.69, 9.17) is 4.42 Å². The molecule has 0 aliphatic carbocycles. The number of hydrogen-bond donors (Lipinski definition) is 0. The second kappa shape index (κ2) is 6.29. The Labute approximate surface area is 143 Å². The molecule has 1 fully saturated rings. The molecule has 6 nitrogen and oxygen atoms in total. The molecule has 0 bridgehead atoms. The van der Waals surface area contributed by atoms with Gasteiger partial charge in [0.2, 0.25) is 0 Å². The van der Waals surface area contributed by atoms with Crippen molar-refractivity contribution in [2.45, 2.75) is 11.8 Å². The summed E-state index contributed by atoms with van der Waals surface area (Å²) in [5.74, 6) is 0.191. The normalized spacial score (nSPS) is 18.8. The van der Waals surface area contributed by atoms with Crippen molar-refractivity contribution >= 4 is 38.9 Å². The van der Waals surface area contributed by atoms with Crippen LogP contribution in [0.5, 0.6) is 0 Å². The van der Waals surface area contributed by atoms with E-state index in [1.165, 1.54) is 30.3 Å². The van der Waals surface area contributed by atoms with Crippen LogP contribution in [0.1, 0.15) is 11.3 Å². The number of nitrogens with zero attached hydrogens (tertiary/aromatic N) is 2. The summed E-state index contributed by atoms with van der Waals surface area (Å²) in [4.78, 5) is 13.9. The first kappa shape index (κ1) is 16.5. The van der Waals surface area contributed by atoms with E-state index in [1.807, 2.05) is 6.92 Å². The molecule has 1 saturated heterocycles. The van der Waals surface area contributed by atoms with Gasteiger partial charge >= 0.3 is 0 Å². The SMILES string of the molecule is Cc1ccc(S(=O)(=O)/N=C2\S/C(=C\c3ccco3)C(=O)N2C)cc1. The molecule has 0 spiro atoms. The summed E-state index contributed by atoms with van der Waals surface area (Å²) >= 11 is 0.998. The Hall–Kier alpha value is -2.32. The fourth-order valence-electron chi connectivity index (χ4n) is 2.00. The summed E-state index contributed by atoms with van der Waals surface area (Å²) in [6.07, 6.45) is 3.06. The number of carbonyl (C=O) groups excluding carboxylic acids is 1. The van der Waals surface area contributed by atoms with E-state index in [1.54, 1.807) is 30.3 Å². The molecular formula is C16H14N2O4S2. The van der Waals surface area contributed by atoms with E-state index in [-0.39, 0.29) is 16.0 Å². The molecule has 2 aromatic rings. The zero-order valence-corrected chi connectivity index (χ0v) is 14.6. The number of furan rings is 1. The first-order valence-electron chi connectivity index (χ1n) is 6.99. The first-order chi connectivity index (χ1) is 11.4. The van der Waals surface area contributed by atoms with Crippen molar-refractivity contribution in [3.8, 4) is 0 Å². The van der Waals surface area contributed by atoms with Gasteiger partial charge in [0.1, 0.15) is 5.76 Å². The van der Waals surface area contributed by atoms with Crippen LogP contribution in [0.15, 0.2) is 61.3 Å². The summed E-state index contributed by atoms with van der Waals surface area (Å²) in [5.41, 5.74) is 0.952. The second-order valence-corrected chi connectivity index (χ2v) is 7.77. The van der Waals surface area contributed by atoms with Gasteiger partial charge in [-0.05, 0) is 43.0 Å². The van der Waals surface area contributed by atoms with E-state index in [9.17, 15) is 13.2 Å². The molecule has 1 aliphatic heterocycles. The maximum Gasteiger partial charge on any atom is 0.284 e. The molecule has 8 heteroatoms. The molecule has 0 unspecified atom stereocenters. The largest absolute Gasteiger partial charge is 0.465 e. The molecule has 1 amide bonds. The Bertz CT molecular complexity index is 927. The number of thioether (sulfide) groups is 1. The highest BCUT2D eigenvalue weighted by Gasteiger charge is 2.32. The van der Waals surface area contributed by atoms with Crippen LogP contribution in [-0.4, -0.2) is 31.4 Å². The molecule has 2 heterocycles. The number of amides is 1. The lowest BCUT2D eigenvalue weighted by atomic mass is 10.2. The highest BCUT2D eigenvalue weighted by molar-refractivity contribution is 8.19. The second-order valence-electron chi connectivity index (χ2n) is 5.15. The Morgan fingerprint density at radius 2 is 1.92 bits per heavy atom. The number of amidine groups is 1. The average Bonchev–Trinajstić information content (AvgIpc) is 3.13. The molecule has 0 atom stereocenters. The lowest BCUT2D eigenvalue weighted by Gasteiger charge is -2.07. The molecule has 1 aromatic carbocycles. The van der Waals surface area contributed by atoms with Crippen LogP contribution < -0.4 is 0 Å². The van der Waals surface area contributed by atoms with Crippen molar-refractivity contribution in [3.63, 3.8) is 0 Å². The molecule has 0 radical (unpaired) electrons. The van der Waals surface area contributed by atoms with E-state index < -0.39 is 10.0 Å². The average molecular weight is 362 g/mol. The number of hydrogen-bond acceptors (Lipinski definition) is 5. The third-order valence-electron chi connectivity index (χ3n) is 3.34. The van der Waals surface area contributed by atoms with Crippen molar-refractivity contribution in [2.24, 2.45) is 4.40 Å². The zero-order valence-electron chi connectivity index (χ0n) is 13.0. The maximum atomic E-state index is 12.4. The third kappa shape index (κ3) is 3.29. The van der Waals surface area contributed by atoms with Crippen LogP contribution in [0.3, 0.4) is 0 Å². The predicted octanol–water partition coefficient (Wildman–Crippen LogP) is 2.88. The van der Waals surface area contributed by atoms with Crippen molar-refractivity contribution in [1.82, 2.24) is 4.90 Å². The van der Waals surface area contributed by atoms with Crippen LogP contribution >= 0.6 is 11.8 Å². The number of benzene rings is 1. The Morgan fingerprint density at radius 1 is 1.21 bits per heavy atom. The van der Waals surface area contributed by atoms with Gasteiger partial charge in [-0.15, -0.1) is 4.40 Å². The first-order valence-corrected chi connectivity index (χ1v) is 9.25. The van der Waals surface area contributed by atoms with Crippen LogP contribution in [0.2, 0.25) is 0 Å². The summed E-state index contributed by atoms with van der Waals surface area (Å²) in [7, 11) is -2.39. The van der Waals surface area contributed by atoms with E-state index >= 15 is 0 Å². The van der Waals surface area contributed by atoms with Crippen molar-refractivity contribution < 1.29 is 17.6 Å². The van der Waals surface area contributed by atoms with Gasteiger partial charge in [-0.3, -0.25) is 9.69 Å². The standard InChI is InChI=1S/C16H14N2O4S2/c1-11-5-7-13(8-6-11)24(20,21)17-16-18(2)15(19)14(23-16)10-12-4-3-9-22-12/h3-10H,1-2H3/b14-10-,17-16-. The lowest BCUT2D eigenvalue weighted by molar-refractivity contribution is -0.121. The summed E-state index contributed by atoms with van der Waals surface area (Å²) in [6.45, 7) is 1.87. The fraction of sp³-hybridized carbons (Fsp3) is 0.125. The molecule has 1 aliphatic rings. The quantitative estimate of drug-likeness (QED) is 0.785. The van der Waals surface area contributed by atoms with Gasteiger partial charge in [0, 0.05) is 13.1 Å². The van der Waals surface area contributed by atoms with Gasteiger partial charge in [-0.1, -0.05) is 17.7 Å². The van der Waals surface area contributed by atoms with Crippen molar-refractivity contribution in [2.75, 3.05) is 7.05 Å². The zero-order chi connectivity index (χ0) is 17.3. The van der Waals surface area contributed by atoms with Gasteiger partial charge in [0.25, 0.3) is 15.9 Å². The summed E-state index contributed by atoms with van der Waals surface area (Å²) < 4.78 is 33.8. The monoisotopic (exact) mass is 362 g/mol. The topological polar surface area (TPSA) is 80.0 Å². The minimum absolute atomic E-state index is 0.0884. The number of rotatable bonds is 3. The molecule has 24 heavy (non-hydrogen) atoms. The van der Waals surface area contributed by atoms with E-state index in [2.05, 4.69) is 4.40 Å². The lowest BCUT2D eigenvalue weighted by Crippen LogP contribution is -2.24. The fourth-order valence-corrected chi connectivity index (χ4v) is 4.17. The molecule has 0 N–H and O–H groups in total. The van der Waals surface area contributed by atoms with Gasteiger partial charge in [-0.25, -0.2) is 0 Å². The van der Waals surface area contributed by atoms with Crippen molar-refractivity contribution in [3.05, 3.63) is 58.9 Å². The number of likely N-dealkylation sites (N-methyl/N-ethyl adjacent to an activating group) is 1. The highest BCUT2D eigenvalue weighted by atomic mass is 32.2. The van der Waals surface area contributed by atoms with Gasteiger partial charge in [0.05, 0.1) is 16.1 Å². The smallest absolute Gasteiger partial charge is 0.284 e. The van der Waals surface area contributed by atoms with Crippen LogP contribution in [0.4, 0.5) is 0 Å². The van der Waals surface area contributed by atoms with E-state index in [0.29, 0.717) is 10.7 Å². The Balaban J connectivity index is 1.93. The van der Waals surface area contributed by atoms with Crippen molar-refractivity contribution in [1.29, 1.82) is 0 Å². The Morgan fingerprint density at radius 3 is 2.54 bits per heavy atom. The molecule has 3 rings (SSSR count). The molecule has 0 saturated carbocycles. The summed E-state index contributed by atoms with van der Waals surface area (Å²) in [5, 5.41) is 0.110. The predicted molar refractivity (Wildman–Crippen MR) is 92.8 cm³/mol. The number of carbonyl (C=O) groups is 1.